The van der Waals surface area contributed by atoms with Crippen LogP contribution in [0.1, 0.15) is 187 Å². The molecule has 0 radical (unpaired) electrons. The van der Waals surface area contributed by atoms with E-state index in [1.165, 1.54) is 154 Å². The number of aliphatic carboxylic acids is 1. The van der Waals surface area contributed by atoms with Crippen molar-refractivity contribution in [3.63, 3.8) is 0 Å². The molecule has 0 saturated carbocycles. The zero-order valence-electron chi connectivity index (χ0n) is 27.2. The van der Waals surface area contributed by atoms with Crippen molar-refractivity contribution < 1.29 is 19.4 Å². The van der Waals surface area contributed by atoms with Gasteiger partial charge in [0.2, 0.25) is 0 Å². The van der Waals surface area contributed by atoms with Crippen molar-refractivity contribution >= 4 is 11.9 Å². The number of carbonyl (C=O) groups is 2. The predicted molar refractivity (Wildman–Crippen MR) is 176 cm³/mol. The van der Waals surface area contributed by atoms with E-state index in [0.29, 0.717) is 6.42 Å². The van der Waals surface area contributed by atoms with Crippen LogP contribution in [-0.2, 0) is 14.3 Å². The molecule has 0 bridgehead atoms. The maximum Gasteiger partial charge on any atom is 0.309 e. The number of rotatable bonds is 33. The summed E-state index contributed by atoms with van der Waals surface area (Å²) in [6, 6.07) is 0. The molecule has 0 aromatic heterocycles. The molecule has 0 rings (SSSR count). The fourth-order valence-electron chi connectivity index (χ4n) is 5.53. The van der Waals surface area contributed by atoms with Gasteiger partial charge >= 0.3 is 11.9 Å². The number of unbranched alkanes of at least 4 members (excludes halogenated alkanes) is 24. The summed E-state index contributed by atoms with van der Waals surface area (Å²) in [5.41, 5.74) is 0. The van der Waals surface area contributed by atoms with Crippen LogP contribution in [0.5, 0.6) is 0 Å². The Hall–Kier alpha value is -1.58. The van der Waals surface area contributed by atoms with E-state index >= 15 is 0 Å². The topological polar surface area (TPSA) is 63.6 Å². The molecule has 0 heterocycles. The van der Waals surface area contributed by atoms with Crippen molar-refractivity contribution in [3.8, 4) is 0 Å². The molecule has 0 aliphatic carbocycles. The summed E-state index contributed by atoms with van der Waals surface area (Å²) >= 11 is 0. The Morgan fingerprint density at radius 2 is 0.976 bits per heavy atom. The van der Waals surface area contributed by atoms with Gasteiger partial charge in [0, 0.05) is 0 Å². The van der Waals surface area contributed by atoms with Gasteiger partial charge in [0.1, 0.15) is 6.61 Å². The lowest BCUT2D eigenvalue weighted by molar-refractivity contribution is -0.152. The van der Waals surface area contributed by atoms with E-state index in [2.05, 4.69) is 25.7 Å². The molecule has 0 aromatic rings. The minimum atomic E-state index is -0.941. The lowest BCUT2D eigenvalue weighted by atomic mass is 9.97. The van der Waals surface area contributed by atoms with Crippen molar-refractivity contribution in [3.05, 3.63) is 24.8 Å². The van der Waals surface area contributed by atoms with Crippen molar-refractivity contribution in [2.45, 2.75) is 187 Å². The van der Waals surface area contributed by atoms with Crippen molar-refractivity contribution in [1.29, 1.82) is 0 Å². The SMILES string of the molecule is C=CCOC(=O)C(CCCCCCCCCCCCCCCCCCCC/C=C/CCCCCCCC)CC(=O)O. The van der Waals surface area contributed by atoms with Crippen LogP contribution in [0.4, 0.5) is 0 Å². The second-order valence-corrected chi connectivity index (χ2v) is 12.2. The Bertz CT molecular complexity index is 612. The van der Waals surface area contributed by atoms with Crippen LogP contribution in [0.25, 0.3) is 0 Å². The molecule has 1 unspecified atom stereocenters. The summed E-state index contributed by atoms with van der Waals surface area (Å²) in [6.07, 6.45) is 41.5. The normalized spacial score (nSPS) is 12.1. The second kappa shape index (κ2) is 32.9. The largest absolute Gasteiger partial charge is 0.481 e. The smallest absolute Gasteiger partial charge is 0.309 e. The molecule has 4 nitrogen and oxygen atoms in total. The summed E-state index contributed by atoms with van der Waals surface area (Å²) in [6.45, 7) is 5.95. The molecule has 0 aliphatic heterocycles. The molecule has 4 heteroatoms. The zero-order chi connectivity index (χ0) is 30.1. The Labute approximate surface area is 255 Å². The average molecular weight is 577 g/mol. The molecular formula is C37H68O4. The summed E-state index contributed by atoms with van der Waals surface area (Å²) in [5, 5.41) is 9.03. The van der Waals surface area contributed by atoms with E-state index in [9.17, 15) is 9.59 Å². The van der Waals surface area contributed by atoms with Gasteiger partial charge in [-0.15, -0.1) is 0 Å². The summed E-state index contributed by atoms with van der Waals surface area (Å²) < 4.78 is 5.05. The number of hydrogen-bond donors (Lipinski definition) is 1. The Morgan fingerprint density at radius 1 is 0.610 bits per heavy atom. The van der Waals surface area contributed by atoms with E-state index < -0.39 is 17.9 Å². The summed E-state index contributed by atoms with van der Waals surface area (Å²) in [5.74, 6) is -1.88. The lowest BCUT2D eigenvalue weighted by Gasteiger charge is -2.13. The fraction of sp³-hybridized carbons (Fsp3) is 0.838. The second-order valence-electron chi connectivity index (χ2n) is 12.2. The van der Waals surface area contributed by atoms with Crippen LogP contribution in [0, 0.1) is 5.92 Å². The number of hydrogen-bond acceptors (Lipinski definition) is 3. The molecule has 1 atom stereocenters. The number of esters is 1. The Morgan fingerprint density at radius 3 is 1.34 bits per heavy atom. The first-order chi connectivity index (χ1) is 20.1. The molecule has 0 fully saturated rings. The predicted octanol–water partition coefficient (Wildman–Crippen LogP) is 11.9. The van der Waals surface area contributed by atoms with Crippen molar-refractivity contribution in [2.75, 3.05) is 6.61 Å². The standard InChI is InChI=1S/C37H68O4/c1-3-5-6-7-8-9-10-11-12-13-14-15-16-17-18-19-20-21-22-23-24-25-26-27-28-29-30-31-32-35(34-36(38)39)37(40)41-33-4-2/h4,11-12,35H,2-3,5-10,13-34H2,1H3,(H,38,39)/b12-11+. The average Bonchev–Trinajstić information content (AvgIpc) is 2.96. The number of ether oxygens (including phenoxy) is 1. The maximum absolute atomic E-state index is 12.0. The zero-order valence-corrected chi connectivity index (χ0v) is 27.2. The minimum Gasteiger partial charge on any atom is -0.481 e. The first-order valence-electron chi connectivity index (χ1n) is 17.8. The molecule has 0 amide bonds. The van der Waals surface area contributed by atoms with Crippen LogP contribution in [0.15, 0.2) is 24.8 Å². The maximum atomic E-state index is 12.0. The van der Waals surface area contributed by atoms with Crippen molar-refractivity contribution in [2.24, 2.45) is 5.92 Å². The van der Waals surface area contributed by atoms with Gasteiger partial charge in [-0.2, -0.15) is 0 Å². The van der Waals surface area contributed by atoms with Gasteiger partial charge in [-0.3, -0.25) is 9.59 Å². The third-order valence-electron chi connectivity index (χ3n) is 8.16. The molecule has 240 valence electrons. The molecule has 41 heavy (non-hydrogen) atoms. The van der Waals surface area contributed by atoms with Crippen molar-refractivity contribution in [1.82, 2.24) is 0 Å². The third kappa shape index (κ3) is 31.2. The van der Waals surface area contributed by atoms with Crippen LogP contribution in [0.2, 0.25) is 0 Å². The van der Waals surface area contributed by atoms with Gasteiger partial charge in [0.15, 0.2) is 0 Å². The first kappa shape index (κ1) is 39.4. The monoisotopic (exact) mass is 577 g/mol. The summed E-state index contributed by atoms with van der Waals surface area (Å²) in [4.78, 5) is 23.0. The highest BCUT2D eigenvalue weighted by Crippen LogP contribution is 2.18. The molecule has 0 aromatic carbocycles. The highest BCUT2D eigenvalue weighted by Gasteiger charge is 2.22. The van der Waals surface area contributed by atoms with Crippen LogP contribution >= 0.6 is 0 Å². The number of carbonyl (C=O) groups excluding carboxylic acids is 1. The van der Waals surface area contributed by atoms with E-state index in [1.54, 1.807) is 0 Å². The van der Waals surface area contributed by atoms with Crippen LogP contribution in [0.3, 0.4) is 0 Å². The van der Waals surface area contributed by atoms with Gasteiger partial charge < -0.3 is 9.84 Å². The van der Waals surface area contributed by atoms with Gasteiger partial charge in [0.25, 0.3) is 0 Å². The van der Waals surface area contributed by atoms with Crippen LogP contribution in [-0.4, -0.2) is 23.7 Å². The van der Waals surface area contributed by atoms with Gasteiger partial charge in [-0.05, 0) is 32.1 Å². The molecule has 0 aliphatic rings. The highest BCUT2D eigenvalue weighted by molar-refractivity contribution is 5.79. The third-order valence-corrected chi connectivity index (χ3v) is 8.16. The lowest BCUT2D eigenvalue weighted by Crippen LogP contribution is -2.21. The number of allylic oxidation sites excluding steroid dienone is 2. The quantitative estimate of drug-likeness (QED) is 0.0479. The number of carboxylic acids is 1. The van der Waals surface area contributed by atoms with Crippen LogP contribution < -0.4 is 0 Å². The molecular weight excluding hydrogens is 508 g/mol. The first-order valence-corrected chi connectivity index (χ1v) is 17.8. The number of carboxylic acid groups (broad SMARTS) is 1. The molecule has 0 saturated heterocycles. The van der Waals surface area contributed by atoms with Gasteiger partial charge in [-0.1, -0.05) is 173 Å². The van der Waals surface area contributed by atoms with E-state index in [4.69, 9.17) is 9.84 Å². The molecule has 1 N–H and O–H groups in total. The van der Waals surface area contributed by atoms with Gasteiger partial charge in [0.05, 0.1) is 12.3 Å². The summed E-state index contributed by atoms with van der Waals surface area (Å²) in [7, 11) is 0. The fourth-order valence-corrected chi connectivity index (χ4v) is 5.53. The Balaban J connectivity index is 3.32. The molecule has 0 spiro atoms. The Kier molecular flexibility index (Phi) is 31.7. The van der Waals surface area contributed by atoms with E-state index in [1.807, 2.05) is 0 Å². The van der Waals surface area contributed by atoms with E-state index in [0.717, 1.165) is 19.3 Å². The minimum absolute atomic E-state index is 0.145. The van der Waals surface area contributed by atoms with Gasteiger partial charge in [-0.25, -0.2) is 0 Å². The highest BCUT2D eigenvalue weighted by atomic mass is 16.5. The van der Waals surface area contributed by atoms with E-state index in [-0.39, 0.29) is 13.0 Å².